The molecule has 2 heteroatoms. The average Bonchev–Trinajstić information content (AvgIpc) is 3.48. The lowest BCUT2D eigenvalue weighted by atomic mass is 9.79. The van der Waals surface area contributed by atoms with Crippen molar-refractivity contribution >= 4 is 59.3 Å². The quantitative estimate of drug-likeness (QED) is 0.225. The number of anilines is 3. The summed E-state index contributed by atoms with van der Waals surface area (Å²) in [7, 11) is 0. The van der Waals surface area contributed by atoms with Gasteiger partial charge in [0.15, 0.2) is 0 Å². The highest BCUT2D eigenvalue weighted by molar-refractivity contribution is 7.26. The maximum absolute atomic E-state index is 2.42. The molecule has 1 aromatic heterocycles. The van der Waals surface area contributed by atoms with E-state index in [1.165, 1.54) is 58.9 Å². The van der Waals surface area contributed by atoms with Gasteiger partial charge in [-0.05, 0) is 64.0 Å². The summed E-state index contributed by atoms with van der Waals surface area (Å²) >= 11 is 1.93. The smallest absolute Gasteiger partial charge is 0.0554 e. The van der Waals surface area contributed by atoms with Gasteiger partial charge in [0, 0.05) is 42.3 Å². The fourth-order valence-corrected chi connectivity index (χ4v) is 8.04. The first-order valence-electron chi connectivity index (χ1n) is 13.5. The van der Waals surface area contributed by atoms with Crippen molar-refractivity contribution in [2.75, 3.05) is 4.90 Å². The minimum absolute atomic E-state index is 0.111. The molecular formula is C37H27NS. The van der Waals surface area contributed by atoms with Crippen molar-refractivity contribution in [2.24, 2.45) is 0 Å². The number of hydrogen-bond acceptors (Lipinski definition) is 2. The zero-order valence-electron chi connectivity index (χ0n) is 22.0. The summed E-state index contributed by atoms with van der Waals surface area (Å²) in [5.74, 6) is 0. The van der Waals surface area contributed by atoms with Gasteiger partial charge in [0.1, 0.15) is 0 Å². The third kappa shape index (κ3) is 3.13. The molecule has 0 saturated carbocycles. The van der Waals surface area contributed by atoms with Gasteiger partial charge in [-0.15, -0.1) is 11.3 Å². The van der Waals surface area contributed by atoms with Crippen LogP contribution in [0.4, 0.5) is 17.1 Å². The minimum atomic E-state index is -0.111. The van der Waals surface area contributed by atoms with Crippen LogP contribution in [-0.2, 0) is 5.41 Å². The molecule has 7 aromatic rings. The molecule has 0 spiro atoms. The van der Waals surface area contributed by atoms with Gasteiger partial charge in [0.25, 0.3) is 0 Å². The highest BCUT2D eigenvalue weighted by Gasteiger charge is 2.39. The second-order valence-electron chi connectivity index (χ2n) is 10.9. The number of fused-ring (bicyclic) bond motifs is 10. The predicted octanol–water partition coefficient (Wildman–Crippen LogP) is 11.0. The highest BCUT2D eigenvalue weighted by atomic mass is 32.1. The van der Waals surface area contributed by atoms with E-state index in [9.17, 15) is 0 Å². The number of benzene rings is 6. The van der Waals surface area contributed by atoms with Crippen LogP contribution in [0.5, 0.6) is 0 Å². The van der Waals surface area contributed by atoms with E-state index in [-0.39, 0.29) is 5.41 Å². The van der Waals surface area contributed by atoms with Crippen LogP contribution in [0.2, 0.25) is 0 Å². The molecule has 0 aliphatic heterocycles. The first-order chi connectivity index (χ1) is 19.1. The Labute approximate surface area is 232 Å². The van der Waals surface area contributed by atoms with E-state index in [2.05, 4.69) is 146 Å². The van der Waals surface area contributed by atoms with Gasteiger partial charge in [-0.25, -0.2) is 0 Å². The molecule has 0 amide bonds. The maximum Gasteiger partial charge on any atom is 0.0554 e. The van der Waals surface area contributed by atoms with Crippen LogP contribution in [0.25, 0.3) is 42.1 Å². The number of rotatable bonds is 3. The van der Waals surface area contributed by atoms with E-state index in [1.807, 2.05) is 11.3 Å². The molecule has 8 rings (SSSR count). The van der Waals surface area contributed by atoms with Crippen LogP contribution in [0, 0.1) is 0 Å². The SMILES string of the molecule is CC1(C)c2ccccc2-c2c1c1c(sc3cccc(N(c4ccccc4)c4ccccc4)c31)c1ccccc21. The lowest BCUT2D eigenvalue weighted by Crippen LogP contribution is -2.15. The van der Waals surface area contributed by atoms with Gasteiger partial charge < -0.3 is 4.90 Å². The predicted molar refractivity (Wildman–Crippen MR) is 169 cm³/mol. The molecule has 0 fully saturated rings. The van der Waals surface area contributed by atoms with Crippen molar-refractivity contribution in [1.82, 2.24) is 0 Å². The van der Waals surface area contributed by atoms with Gasteiger partial charge in [-0.3, -0.25) is 0 Å². The van der Waals surface area contributed by atoms with Crippen LogP contribution >= 0.6 is 11.3 Å². The Morgan fingerprint density at radius 3 is 1.90 bits per heavy atom. The van der Waals surface area contributed by atoms with E-state index in [0.717, 1.165) is 11.4 Å². The molecule has 0 saturated heterocycles. The topological polar surface area (TPSA) is 3.24 Å². The summed E-state index contributed by atoms with van der Waals surface area (Å²) < 4.78 is 2.71. The molecule has 0 bridgehead atoms. The second kappa shape index (κ2) is 8.30. The van der Waals surface area contributed by atoms with Crippen LogP contribution in [0.15, 0.2) is 127 Å². The van der Waals surface area contributed by atoms with Gasteiger partial charge in [-0.2, -0.15) is 0 Å². The van der Waals surface area contributed by atoms with Crippen LogP contribution in [0.3, 0.4) is 0 Å². The van der Waals surface area contributed by atoms with Crippen LogP contribution in [0.1, 0.15) is 25.0 Å². The zero-order valence-corrected chi connectivity index (χ0v) is 22.8. The summed E-state index contributed by atoms with van der Waals surface area (Å²) in [6, 6.07) is 46.4. The monoisotopic (exact) mass is 517 g/mol. The number of para-hydroxylation sites is 2. The Balaban J connectivity index is 1.58. The van der Waals surface area contributed by atoms with Crippen molar-refractivity contribution in [2.45, 2.75) is 19.3 Å². The molecule has 1 aliphatic carbocycles. The number of nitrogens with zero attached hydrogens (tertiary/aromatic N) is 1. The molecule has 0 atom stereocenters. The summed E-state index contributed by atoms with van der Waals surface area (Å²) in [6.07, 6.45) is 0. The molecule has 1 nitrogen and oxygen atoms in total. The largest absolute Gasteiger partial charge is 0.310 e. The van der Waals surface area contributed by atoms with E-state index in [4.69, 9.17) is 0 Å². The molecule has 6 aromatic carbocycles. The van der Waals surface area contributed by atoms with Gasteiger partial charge >= 0.3 is 0 Å². The first-order valence-corrected chi connectivity index (χ1v) is 14.4. The molecule has 39 heavy (non-hydrogen) atoms. The number of hydrogen-bond donors (Lipinski definition) is 0. The van der Waals surface area contributed by atoms with Gasteiger partial charge in [0.2, 0.25) is 0 Å². The van der Waals surface area contributed by atoms with Crippen molar-refractivity contribution < 1.29 is 0 Å². The van der Waals surface area contributed by atoms with Gasteiger partial charge in [0.05, 0.1) is 5.69 Å². The number of thiophene rings is 1. The van der Waals surface area contributed by atoms with Crippen molar-refractivity contribution in [1.29, 1.82) is 0 Å². The third-order valence-corrected chi connectivity index (χ3v) is 9.59. The summed E-state index contributed by atoms with van der Waals surface area (Å²) in [4.78, 5) is 2.42. The molecular weight excluding hydrogens is 490 g/mol. The lowest BCUT2D eigenvalue weighted by molar-refractivity contribution is 0.667. The molecule has 1 heterocycles. The normalized spacial score (nSPS) is 13.6. The molecule has 1 aliphatic rings. The Morgan fingerprint density at radius 1 is 0.564 bits per heavy atom. The van der Waals surface area contributed by atoms with E-state index in [0.29, 0.717) is 0 Å². The fraction of sp³-hybridized carbons (Fsp3) is 0.0811. The molecule has 0 unspecified atom stereocenters. The van der Waals surface area contributed by atoms with Gasteiger partial charge in [-0.1, -0.05) is 105 Å². The first kappa shape index (κ1) is 22.6. The second-order valence-corrected chi connectivity index (χ2v) is 12.0. The Kier molecular flexibility index (Phi) is 4.80. The molecule has 0 radical (unpaired) electrons. The average molecular weight is 518 g/mol. The minimum Gasteiger partial charge on any atom is -0.310 e. The summed E-state index contributed by atoms with van der Waals surface area (Å²) in [5.41, 5.74) is 9.08. The van der Waals surface area contributed by atoms with Crippen LogP contribution in [-0.4, -0.2) is 0 Å². The Bertz CT molecular complexity index is 1990. The Hall–Kier alpha value is -4.40. The van der Waals surface area contributed by atoms with Crippen molar-refractivity contribution in [3.8, 4) is 11.1 Å². The summed E-state index contributed by atoms with van der Waals surface area (Å²) in [5, 5.41) is 5.44. The van der Waals surface area contributed by atoms with E-state index < -0.39 is 0 Å². The molecule has 0 N–H and O–H groups in total. The summed E-state index contributed by atoms with van der Waals surface area (Å²) in [6.45, 7) is 4.81. The van der Waals surface area contributed by atoms with E-state index in [1.54, 1.807) is 0 Å². The zero-order chi connectivity index (χ0) is 26.1. The standard InChI is InChI=1S/C37H27NS/c1-37(2)29-21-12-11-20-28(29)32-26-18-9-10-19-27(26)36-34(35(32)37)33-30(22-13-23-31(33)39-36)38(24-14-5-3-6-15-24)25-16-7-4-8-17-25/h3-23H,1-2H3. The van der Waals surface area contributed by atoms with Crippen molar-refractivity contribution in [3.05, 3.63) is 139 Å². The maximum atomic E-state index is 2.42. The van der Waals surface area contributed by atoms with E-state index >= 15 is 0 Å². The van der Waals surface area contributed by atoms with Crippen LogP contribution < -0.4 is 4.90 Å². The highest BCUT2D eigenvalue weighted by Crippen LogP contribution is 2.58. The fourth-order valence-electron chi connectivity index (χ4n) is 6.77. The third-order valence-electron chi connectivity index (χ3n) is 8.40. The lowest BCUT2D eigenvalue weighted by Gasteiger charge is -2.27. The van der Waals surface area contributed by atoms with Crippen molar-refractivity contribution in [3.63, 3.8) is 0 Å². The molecule has 186 valence electrons. The Morgan fingerprint density at radius 2 is 1.18 bits per heavy atom.